The standard InChI is InChI=1S/C24H18F2N2O5S/c1-2-31-24(30)22-21(32-12-14-6-4-3-5-7-14)20(29)17(13-33-22)23-28-27-19(34-23)10-15-8-9-16(25)11-18(15)26/h3-9,11,13H,2,10,12H2,1H3. The van der Waals surface area contributed by atoms with E-state index in [2.05, 4.69) is 10.2 Å². The van der Waals surface area contributed by atoms with E-state index in [1.807, 2.05) is 18.2 Å². The summed E-state index contributed by atoms with van der Waals surface area (Å²) in [5.41, 5.74) is 0.419. The van der Waals surface area contributed by atoms with Gasteiger partial charge in [0.15, 0.2) is 5.01 Å². The molecule has 4 aromatic rings. The average molecular weight is 484 g/mol. The zero-order valence-electron chi connectivity index (χ0n) is 17.9. The van der Waals surface area contributed by atoms with Gasteiger partial charge in [-0.05, 0) is 24.1 Å². The fourth-order valence-corrected chi connectivity index (χ4v) is 3.92. The monoisotopic (exact) mass is 484 g/mol. The number of esters is 1. The topological polar surface area (TPSA) is 91.5 Å². The molecule has 0 saturated heterocycles. The normalized spacial score (nSPS) is 10.8. The molecule has 2 aromatic carbocycles. The van der Waals surface area contributed by atoms with Gasteiger partial charge in [0.25, 0.3) is 5.76 Å². The number of nitrogens with zero attached hydrogens (tertiary/aromatic N) is 2. The number of rotatable bonds is 8. The smallest absolute Gasteiger partial charge is 0.378 e. The van der Waals surface area contributed by atoms with E-state index in [1.54, 1.807) is 19.1 Å². The number of ether oxygens (including phenoxy) is 2. The van der Waals surface area contributed by atoms with Gasteiger partial charge in [-0.2, -0.15) is 0 Å². The predicted molar refractivity (Wildman–Crippen MR) is 120 cm³/mol. The largest absolute Gasteiger partial charge is 0.481 e. The molecule has 0 amide bonds. The third kappa shape index (κ3) is 5.18. The molecule has 0 fully saturated rings. The molecule has 0 aliphatic carbocycles. The van der Waals surface area contributed by atoms with Crippen LogP contribution in [0.25, 0.3) is 10.6 Å². The SMILES string of the molecule is CCOC(=O)c1occ(-c2nnc(Cc3ccc(F)cc3F)s2)c(=O)c1OCc1ccccc1. The zero-order valence-corrected chi connectivity index (χ0v) is 18.7. The number of benzene rings is 2. The highest BCUT2D eigenvalue weighted by atomic mass is 32.1. The van der Waals surface area contributed by atoms with Crippen molar-refractivity contribution >= 4 is 17.3 Å². The molecule has 174 valence electrons. The van der Waals surface area contributed by atoms with Gasteiger partial charge in [-0.25, -0.2) is 13.6 Å². The molecule has 0 spiro atoms. The first kappa shape index (κ1) is 23.2. The lowest BCUT2D eigenvalue weighted by atomic mass is 10.1. The molecule has 0 saturated carbocycles. The number of hydrogen-bond donors (Lipinski definition) is 0. The van der Waals surface area contributed by atoms with Crippen LogP contribution >= 0.6 is 11.3 Å². The number of aromatic nitrogens is 2. The minimum absolute atomic E-state index is 0.0205. The van der Waals surface area contributed by atoms with Gasteiger partial charge in [-0.1, -0.05) is 47.7 Å². The lowest BCUT2D eigenvalue weighted by Gasteiger charge is -2.10. The first-order valence-corrected chi connectivity index (χ1v) is 11.0. The molecule has 0 bridgehead atoms. The van der Waals surface area contributed by atoms with Gasteiger partial charge in [-0.3, -0.25) is 4.79 Å². The second-order valence-corrected chi connectivity index (χ2v) is 8.11. The zero-order chi connectivity index (χ0) is 24.1. The van der Waals surface area contributed by atoms with Crippen molar-refractivity contribution in [3.63, 3.8) is 0 Å². The molecule has 2 aromatic heterocycles. The average Bonchev–Trinajstić information content (AvgIpc) is 3.29. The Morgan fingerprint density at radius 3 is 2.65 bits per heavy atom. The van der Waals surface area contributed by atoms with E-state index in [9.17, 15) is 18.4 Å². The molecule has 4 rings (SSSR count). The fourth-order valence-electron chi connectivity index (χ4n) is 3.06. The predicted octanol–water partition coefficient (Wildman–Crippen LogP) is 4.78. The van der Waals surface area contributed by atoms with Crippen molar-refractivity contribution in [3.05, 3.63) is 98.5 Å². The quantitative estimate of drug-likeness (QED) is 0.332. The summed E-state index contributed by atoms with van der Waals surface area (Å²) in [5.74, 6) is -2.88. The molecule has 7 nitrogen and oxygen atoms in total. The molecule has 34 heavy (non-hydrogen) atoms. The summed E-state index contributed by atoms with van der Waals surface area (Å²) in [5, 5.41) is 8.60. The summed E-state index contributed by atoms with van der Waals surface area (Å²) in [6, 6.07) is 12.3. The highest BCUT2D eigenvalue weighted by molar-refractivity contribution is 7.14. The Morgan fingerprint density at radius 1 is 1.12 bits per heavy atom. The number of halogens is 2. The van der Waals surface area contributed by atoms with Gasteiger partial charge in [0.05, 0.1) is 12.2 Å². The minimum Gasteiger partial charge on any atom is -0.481 e. The third-order valence-corrected chi connectivity index (χ3v) is 5.65. The molecular formula is C24H18F2N2O5S. The van der Waals surface area contributed by atoms with Gasteiger partial charge in [0.1, 0.15) is 29.5 Å². The van der Waals surface area contributed by atoms with Crippen LogP contribution in [-0.2, 0) is 17.8 Å². The molecule has 10 heteroatoms. The highest BCUT2D eigenvalue weighted by Crippen LogP contribution is 2.27. The van der Waals surface area contributed by atoms with E-state index < -0.39 is 23.0 Å². The van der Waals surface area contributed by atoms with Crippen LogP contribution in [0.5, 0.6) is 5.75 Å². The van der Waals surface area contributed by atoms with Crippen LogP contribution in [-0.4, -0.2) is 22.8 Å². The third-order valence-electron chi connectivity index (χ3n) is 4.69. The van der Waals surface area contributed by atoms with Crippen LogP contribution in [0.4, 0.5) is 8.78 Å². The van der Waals surface area contributed by atoms with Gasteiger partial charge in [-0.15, -0.1) is 10.2 Å². The van der Waals surface area contributed by atoms with Crippen LogP contribution in [0.3, 0.4) is 0 Å². The Morgan fingerprint density at radius 2 is 1.91 bits per heavy atom. The number of carbonyl (C=O) groups excluding carboxylic acids is 1. The van der Waals surface area contributed by atoms with Gasteiger partial charge >= 0.3 is 5.97 Å². The van der Waals surface area contributed by atoms with Gasteiger partial charge in [0.2, 0.25) is 11.2 Å². The summed E-state index contributed by atoms with van der Waals surface area (Å²) >= 11 is 1.04. The summed E-state index contributed by atoms with van der Waals surface area (Å²) < 4.78 is 43.2. The lowest BCUT2D eigenvalue weighted by molar-refractivity contribution is 0.0478. The van der Waals surface area contributed by atoms with E-state index in [1.165, 1.54) is 6.07 Å². The van der Waals surface area contributed by atoms with Crippen molar-refractivity contribution in [2.45, 2.75) is 20.0 Å². The Bertz CT molecular complexity index is 1370. The Hall–Kier alpha value is -3.92. The van der Waals surface area contributed by atoms with E-state index >= 15 is 0 Å². The molecule has 0 radical (unpaired) electrons. The Balaban J connectivity index is 1.65. The van der Waals surface area contributed by atoms with E-state index in [0.717, 1.165) is 35.3 Å². The summed E-state index contributed by atoms with van der Waals surface area (Å²) in [6.07, 6.45) is 1.15. The second-order valence-electron chi connectivity index (χ2n) is 7.04. The molecule has 0 aliphatic rings. The van der Waals surface area contributed by atoms with Crippen LogP contribution in [0.1, 0.15) is 33.6 Å². The highest BCUT2D eigenvalue weighted by Gasteiger charge is 2.25. The molecule has 0 N–H and O–H groups in total. The van der Waals surface area contributed by atoms with Crippen molar-refractivity contribution in [1.29, 1.82) is 0 Å². The maximum absolute atomic E-state index is 14.0. The first-order chi connectivity index (χ1) is 16.5. The van der Waals surface area contributed by atoms with Crippen molar-refractivity contribution in [3.8, 4) is 16.3 Å². The molecule has 0 aliphatic heterocycles. The summed E-state index contributed by atoms with van der Waals surface area (Å²) in [4.78, 5) is 25.5. The second kappa shape index (κ2) is 10.3. The van der Waals surface area contributed by atoms with E-state index in [0.29, 0.717) is 5.01 Å². The minimum atomic E-state index is -0.834. The van der Waals surface area contributed by atoms with Crippen molar-refractivity contribution in [1.82, 2.24) is 10.2 Å². The molecule has 0 unspecified atom stereocenters. The van der Waals surface area contributed by atoms with Crippen molar-refractivity contribution < 1.29 is 27.5 Å². The Kier molecular flexibility index (Phi) is 7.07. The lowest BCUT2D eigenvalue weighted by Crippen LogP contribution is -2.17. The van der Waals surface area contributed by atoms with Crippen molar-refractivity contribution in [2.75, 3.05) is 6.61 Å². The first-order valence-electron chi connectivity index (χ1n) is 10.2. The number of carbonyl (C=O) groups is 1. The maximum Gasteiger partial charge on any atom is 0.378 e. The Labute approximate surface area is 196 Å². The van der Waals surface area contributed by atoms with Crippen LogP contribution < -0.4 is 10.2 Å². The van der Waals surface area contributed by atoms with Gasteiger partial charge in [0, 0.05) is 12.5 Å². The van der Waals surface area contributed by atoms with E-state index in [-0.39, 0.29) is 47.3 Å². The van der Waals surface area contributed by atoms with Gasteiger partial charge < -0.3 is 13.9 Å². The van der Waals surface area contributed by atoms with Crippen LogP contribution in [0.2, 0.25) is 0 Å². The molecular weight excluding hydrogens is 466 g/mol. The maximum atomic E-state index is 14.0. The van der Waals surface area contributed by atoms with E-state index in [4.69, 9.17) is 13.9 Å². The fraction of sp³-hybridized carbons (Fsp3) is 0.167. The summed E-state index contributed by atoms with van der Waals surface area (Å²) in [6.45, 7) is 1.73. The number of hydrogen-bond acceptors (Lipinski definition) is 8. The molecule has 0 atom stereocenters. The molecule has 2 heterocycles. The van der Waals surface area contributed by atoms with Crippen LogP contribution in [0, 0.1) is 11.6 Å². The summed E-state index contributed by atoms with van der Waals surface area (Å²) in [7, 11) is 0. The van der Waals surface area contributed by atoms with Crippen molar-refractivity contribution in [2.24, 2.45) is 0 Å². The van der Waals surface area contributed by atoms with Crippen LogP contribution in [0.15, 0.2) is 64.0 Å².